The highest BCUT2D eigenvalue weighted by Gasteiger charge is 2.08. The Morgan fingerprint density at radius 2 is 2.24 bits per heavy atom. The average Bonchev–Trinajstić information content (AvgIpc) is 2.69. The first-order chi connectivity index (χ1) is 8.16. The fourth-order valence-corrected chi connectivity index (χ4v) is 1.91. The Bertz CT molecular complexity index is 493. The number of aryl methyl sites for hydroxylation is 1. The molecule has 2 rings (SSSR count). The first kappa shape index (κ1) is 12.4. The van der Waals surface area contributed by atoms with Crippen LogP contribution in [0.15, 0.2) is 22.6 Å². The molecule has 0 spiro atoms. The van der Waals surface area contributed by atoms with E-state index in [1.807, 2.05) is 18.2 Å². The van der Waals surface area contributed by atoms with E-state index < -0.39 is 0 Å². The SMILES string of the molecule is CC(C)NCCCc1nc2cccc(Cl)c2o1. The summed E-state index contributed by atoms with van der Waals surface area (Å²) in [7, 11) is 0. The van der Waals surface area contributed by atoms with Crippen molar-refractivity contribution >= 4 is 22.7 Å². The van der Waals surface area contributed by atoms with Crippen LogP contribution >= 0.6 is 11.6 Å². The van der Waals surface area contributed by atoms with Gasteiger partial charge in [-0.25, -0.2) is 4.98 Å². The van der Waals surface area contributed by atoms with Crippen LogP contribution in [0.4, 0.5) is 0 Å². The van der Waals surface area contributed by atoms with Crippen LogP contribution in [0, 0.1) is 0 Å². The molecule has 4 heteroatoms. The number of hydrogen-bond donors (Lipinski definition) is 1. The molecule has 0 aliphatic rings. The van der Waals surface area contributed by atoms with Crippen molar-refractivity contribution in [3.05, 3.63) is 29.1 Å². The van der Waals surface area contributed by atoms with E-state index in [-0.39, 0.29) is 0 Å². The molecule has 0 unspecified atom stereocenters. The van der Waals surface area contributed by atoms with E-state index in [1.54, 1.807) is 0 Å². The summed E-state index contributed by atoms with van der Waals surface area (Å²) in [5, 5.41) is 3.99. The van der Waals surface area contributed by atoms with E-state index in [2.05, 4.69) is 24.1 Å². The van der Waals surface area contributed by atoms with Gasteiger partial charge in [-0.15, -0.1) is 0 Å². The molecule has 92 valence electrons. The molecular weight excluding hydrogens is 236 g/mol. The predicted molar refractivity (Wildman–Crippen MR) is 70.5 cm³/mol. The highest BCUT2D eigenvalue weighted by molar-refractivity contribution is 6.34. The minimum Gasteiger partial charge on any atom is -0.439 e. The number of hydrogen-bond acceptors (Lipinski definition) is 3. The van der Waals surface area contributed by atoms with Gasteiger partial charge in [-0.1, -0.05) is 31.5 Å². The third kappa shape index (κ3) is 3.20. The van der Waals surface area contributed by atoms with Crippen molar-refractivity contribution in [2.45, 2.75) is 32.7 Å². The number of nitrogens with zero attached hydrogens (tertiary/aromatic N) is 1. The lowest BCUT2D eigenvalue weighted by atomic mass is 10.3. The standard InChI is InChI=1S/C13H17ClN2O/c1-9(2)15-8-4-7-12-16-11-6-3-5-10(14)13(11)17-12/h3,5-6,9,15H,4,7-8H2,1-2H3. The number of rotatable bonds is 5. The predicted octanol–water partition coefficient (Wildman–Crippen LogP) is 3.41. The van der Waals surface area contributed by atoms with Crippen LogP contribution in [0.5, 0.6) is 0 Å². The van der Waals surface area contributed by atoms with Crippen LogP contribution in [-0.4, -0.2) is 17.6 Å². The lowest BCUT2D eigenvalue weighted by Gasteiger charge is -2.05. The van der Waals surface area contributed by atoms with Gasteiger partial charge in [0.15, 0.2) is 11.5 Å². The van der Waals surface area contributed by atoms with Crippen LogP contribution in [0.3, 0.4) is 0 Å². The zero-order chi connectivity index (χ0) is 12.3. The smallest absolute Gasteiger partial charge is 0.195 e. The summed E-state index contributed by atoms with van der Waals surface area (Å²) in [6.07, 6.45) is 1.85. The Balaban J connectivity index is 1.98. The number of halogens is 1. The van der Waals surface area contributed by atoms with Crippen LogP contribution in [0.2, 0.25) is 5.02 Å². The van der Waals surface area contributed by atoms with Gasteiger partial charge in [0, 0.05) is 12.5 Å². The van der Waals surface area contributed by atoms with Gasteiger partial charge in [-0.2, -0.15) is 0 Å². The largest absolute Gasteiger partial charge is 0.439 e. The summed E-state index contributed by atoms with van der Waals surface area (Å²) in [5.41, 5.74) is 1.53. The van der Waals surface area contributed by atoms with Crippen molar-refractivity contribution in [3.63, 3.8) is 0 Å². The molecule has 0 fully saturated rings. The maximum absolute atomic E-state index is 6.03. The van der Waals surface area contributed by atoms with Crippen molar-refractivity contribution in [2.24, 2.45) is 0 Å². The lowest BCUT2D eigenvalue weighted by molar-refractivity contribution is 0.500. The monoisotopic (exact) mass is 252 g/mol. The Labute approximate surface area is 106 Å². The van der Waals surface area contributed by atoms with Gasteiger partial charge in [-0.3, -0.25) is 0 Å². The summed E-state index contributed by atoms with van der Waals surface area (Å²) in [6.45, 7) is 5.25. The molecule has 3 nitrogen and oxygen atoms in total. The van der Waals surface area contributed by atoms with Gasteiger partial charge in [0.25, 0.3) is 0 Å². The summed E-state index contributed by atoms with van der Waals surface area (Å²) in [6, 6.07) is 6.14. The molecule has 0 aliphatic carbocycles. The Morgan fingerprint density at radius 3 is 2.94 bits per heavy atom. The molecule has 1 aromatic carbocycles. The Kier molecular flexibility index (Phi) is 4.02. The van der Waals surface area contributed by atoms with Gasteiger partial charge in [0.2, 0.25) is 0 Å². The highest BCUT2D eigenvalue weighted by atomic mass is 35.5. The summed E-state index contributed by atoms with van der Waals surface area (Å²) >= 11 is 6.03. The van der Waals surface area contributed by atoms with Crippen molar-refractivity contribution in [3.8, 4) is 0 Å². The van der Waals surface area contributed by atoms with Crippen molar-refractivity contribution in [1.82, 2.24) is 10.3 Å². The fraction of sp³-hybridized carbons (Fsp3) is 0.462. The van der Waals surface area contributed by atoms with Crippen molar-refractivity contribution in [2.75, 3.05) is 6.54 Å². The third-order valence-electron chi connectivity index (χ3n) is 2.53. The molecule has 0 aliphatic heterocycles. The number of para-hydroxylation sites is 1. The first-order valence-electron chi connectivity index (χ1n) is 5.94. The Morgan fingerprint density at radius 1 is 1.41 bits per heavy atom. The third-order valence-corrected chi connectivity index (χ3v) is 2.83. The molecule has 17 heavy (non-hydrogen) atoms. The van der Waals surface area contributed by atoms with E-state index in [0.29, 0.717) is 16.6 Å². The van der Waals surface area contributed by atoms with Gasteiger partial charge in [0.05, 0.1) is 5.02 Å². The second kappa shape index (κ2) is 5.52. The zero-order valence-electron chi connectivity index (χ0n) is 10.2. The molecular formula is C13H17ClN2O. The van der Waals surface area contributed by atoms with Gasteiger partial charge in [-0.05, 0) is 25.1 Å². The van der Waals surface area contributed by atoms with Crippen molar-refractivity contribution < 1.29 is 4.42 Å². The lowest BCUT2D eigenvalue weighted by Crippen LogP contribution is -2.23. The molecule has 0 atom stereocenters. The fourth-order valence-electron chi connectivity index (χ4n) is 1.70. The first-order valence-corrected chi connectivity index (χ1v) is 6.32. The van der Waals surface area contributed by atoms with Crippen LogP contribution < -0.4 is 5.32 Å². The summed E-state index contributed by atoms with van der Waals surface area (Å²) < 4.78 is 5.64. The van der Waals surface area contributed by atoms with E-state index in [4.69, 9.17) is 16.0 Å². The zero-order valence-corrected chi connectivity index (χ0v) is 10.9. The number of fused-ring (bicyclic) bond motifs is 1. The highest BCUT2D eigenvalue weighted by Crippen LogP contribution is 2.24. The van der Waals surface area contributed by atoms with Gasteiger partial charge >= 0.3 is 0 Å². The molecule has 1 N–H and O–H groups in total. The average molecular weight is 253 g/mol. The second-order valence-corrected chi connectivity index (χ2v) is 4.82. The van der Waals surface area contributed by atoms with E-state index in [1.165, 1.54) is 0 Å². The molecule has 0 amide bonds. The Hall–Kier alpha value is -1.06. The van der Waals surface area contributed by atoms with E-state index >= 15 is 0 Å². The topological polar surface area (TPSA) is 38.1 Å². The van der Waals surface area contributed by atoms with Crippen LogP contribution in [0.1, 0.15) is 26.2 Å². The quantitative estimate of drug-likeness (QED) is 0.829. The van der Waals surface area contributed by atoms with Crippen LogP contribution in [-0.2, 0) is 6.42 Å². The maximum Gasteiger partial charge on any atom is 0.195 e. The van der Waals surface area contributed by atoms with E-state index in [0.717, 1.165) is 30.8 Å². The van der Waals surface area contributed by atoms with Gasteiger partial charge < -0.3 is 9.73 Å². The van der Waals surface area contributed by atoms with Gasteiger partial charge in [0.1, 0.15) is 5.52 Å². The second-order valence-electron chi connectivity index (χ2n) is 4.41. The molecule has 2 aromatic rings. The number of nitrogens with one attached hydrogen (secondary N) is 1. The van der Waals surface area contributed by atoms with E-state index in [9.17, 15) is 0 Å². The molecule has 0 saturated carbocycles. The number of benzene rings is 1. The minimum absolute atomic E-state index is 0.521. The molecule has 1 heterocycles. The van der Waals surface area contributed by atoms with Crippen LogP contribution in [0.25, 0.3) is 11.1 Å². The molecule has 0 bridgehead atoms. The summed E-state index contributed by atoms with van der Waals surface area (Å²) in [5.74, 6) is 0.763. The maximum atomic E-state index is 6.03. The number of aromatic nitrogens is 1. The summed E-state index contributed by atoms with van der Waals surface area (Å²) in [4.78, 5) is 4.41. The number of oxazole rings is 1. The molecule has 0 saturated heterocycles. The van der Waals surface area contributed by atoms with Crippen molar-refractivity contribution in [1.29, 1.82) is 0 Å². The molecule has 0 radical (unpaired) electrons. The molecule has 1 aromatic heterocycles. The minimum atomic E-state index is 0.521. The normalized spacial score (nSPS) is 11.5.